The average Bonchev–Trinajstić information content (AvgIpc) is 2.55. The Morgan fingerprint density at radius 2 is 1.87 bits per heavy atom. The minimum atomic E-state index is -0.475. The zero-order chi connectivity index (χ0) is 16.8. The van der Waals surface area contributed by atoms with Crippen LogP contribution in [0.25, 0.3) is 0 Å². The van der Waals surface area contributed by atoms with Crippen molar-refractivity contribution in [2.75, 3.05) is 6.54 Å². The number of hydrogen-bond donors (Lipinski definition) is 2. The third-order valence-electron chi connectivity index (χ3n) is 3.15. The van der Waals surface area contributed by atoms with Gasteiger partial charge in [-0.3, -0.25) is 9.59 Å². The zero-order valence-electron chi connectivity index (χ0n) is 12.5. The van der Waals surface area contributed by atoms with Crippen LogP contribution in [0.5, 0.6) is 0 Å². The van der Waals surface area contributed by atoms with Gasteiger partial charge in [0.2, 0.25) is 0 Å². The second-order valence-corrected chi connectivity index (χ2v) is 5.72. The van der Waals surface area contributed by atoms with Crippen LogP contribution in [0.1, 0.15) is 33.2 Å². The molecule has 2 N–H and O–H groups in total. The van der Waals surface area contributed by atoms with Gasteiger partial charge >= 0.3 is 0 Å². The van der Waals surface area contributed by atoms with E-state index in [0.717, 1.165) is 5.56 Å². The van der Waals surface area contributed by atoms with Crippen LogP contribution in [0.3, 0.4) is 0 Å². The summed E-state index contributed by atoms with van der Waals surface area (Å²) in [6, 6.07) is 10.9. The Kier molecular flexibility index (Phi) is 5.87. The van der Waals surface area contributed by atoms with E-state index in [9.17, 15) is 14.0 Å². The molecule has 0 bridgehead atoms. The maximum Gasteiger partial charge on any atom is 0.252 e. The zero-order valence-corrected chi connectivity index (χ0v) is 14.1. The minimum absolute atomic E-state index is 0.159. The summed E-state index contributed by atoms with van der Waals surface area (Å²) in [6.07, 6.45) is 0. The largest absolute Gasteiger partial charge is 0.352 e. The van der Waals surface area contributed by atoms with Crippen molar-refractivity contribution in [1.29, 1.82) is 0 Å². The Balaban J connectivity index is 2.06. The summed E-state index contributed by atoms with van der Waals surface area (Å²) >= 11 is 3.22. The number of rotatable bonds is 5. The Hall–Kier alpha value is -2.21. The normalized spacial score (nSPS) is 10.2. The van der Waals surface area contributed by atoms with Crippen LogP contribution < -0.4 is 10.6 Å². The van der Waals surface area contributed by atoms with Crippen LogP contribution >= 0.6 is 15.9 Å². The summed E-state index contributed by atoms with van der Waals surface area (Å²) in [6.45, 7) is 2.64. The smallest absolute Gasteiger partial charge is 0.252 e. The Morgan fingerprint density at radius 1 is 1.09 bits per heavy atom. The van der Waals surface area contributed by atoms with Gasteiger partial charge in [0.05, 0.1) is 5.56 Å². The molecule has 0 aromatic heterocycles. The summed E-state index contributed by atoms with van der Waals surface area (Å²) in [7, 11) is 0. The van der Waals surface area contributed by atoms with Gasteiger partial charge in [-0.05, 0) is 58.7 Å². The molecule has 23 heavy (non-hydrogen) atoms. The molecule has 0 fully saturated rings. The molecule has 120 valence electrons. The number of nitrogens with one attached hydrogen (secondary N) is 2. The van der Waals surface area contributed by atoms with E-state index in [1.807, 2.05) is 13.0 Å². The first-order valence-corrected chi connectivity index (χ1v) is 7.91. The monoisotopic (exact) mass is 378 g/mol. The van der Waals surface area contributed by atoms with Gasteiger partial charge in [-0.2, -0.15) is 0 Å². The second kappa shape index (κ2) is 7.87. The molecule has 2 amide bonds. The quantitative estimate of drug-likeness (QED) is 0.838. The molecular formula is C17H16BrFN2O2. The summed E-state index contributed by atoms with van der Waals surface area (Å²) in [5, 5.41) is 5.43. The van der Waals surface area contributed by atoms with E-state index >= 15 is 0 Å². The Bertz CT molecular complexity index is 734. The van der Waals surface area contributed by atoms with Crippen molar-refractivity contribution in [1.82, 2.24) is 10.6 Å². The van der Waals surface area contributed by atoms with Crippen molar-refractivity contribution in [2.45, 2.75) is 13.5 Å². The summed E-state index contributed by atoms with van der Waals surface area (Å²) in [5.74, 6) is -1.02. The molecule has 0 aliphatic rings. The second-order valence-electron chi connectivity index (χ2n) is 4.87. The van der Waals surface area contributed by atoms with E-state index in [2.05, 4.69) is 26.6 Å². The number of carbonyl (C=O) groups is 2. The lowest BCUT2D eigenvalue weighted by Gasteiger charge is -2.09. The SMILES string of the molecule is CCNC(=O)c1cccc(CNC(=O)c2cc(F)ccc2Br)c1. The Labute approximate surface area is 142 Å². The number of hydrogen-bond acceptors (Lipinski definition) is 2. The van der Waals surface area contributed by atoms with Gasteiger partial charge in [0.1, 0.15) is 5.82 Å². The van der Waals surface area contributed by atoms with E-state index < -0.39 is 5.82 Å². The van der Waals surface area contributed by atoms with Crippen LogP contribution in [0.4, 0.5) is 4.39 Å². The molecule has 0 heterocycles. The lowest BCUT2D eigenvalue weighted by atomic mass is 10.1. The molecule has 6 heteroatoms. The molecule has 0 aliphatic carbocycles. The fourth-order valence-electron chi connectivity index (χ4n) is 2.03. The van der Waals surface area contributed by atoms with Crippen molar-refractivity contribution in [3.8, 4) is 0 Å². The first-order valence-electron chi connectivity index (χ1n) is 7.11. The summed E-state index contributed by atoms with van der Waals surface area (Å²) in [4.78, 5) is 23.9. The standard InChI is InChI=1S/C17H16BrFN2O2/c1-2-20-16(22)12-5-3-4-11(8-12)10-21-17(23)14-9-13(19)6-7-15(14)18/h3-9H,2,10H2,1H3,(H,20,22)(H,21,23). The predicted octanol–water partition coefficient (Wildman–Crippen LogP) is 3.27. The van der Waals surface area contributed by atoms with Crippen LogP contribution in [0.15, 0.2) is 46.9 Å². The molecule has 0 spiro atoms. The number of amides is 2. The fourth-order valence-corrected chi connectivity index (χ4v) is 2.46. The van der Waals surface area contributed by atoms with E-state index in [1.165, 1.54) is 18.2 Å². The highest BCUT2D eigenvalue weighted by Crippen LogP contribution is 2.18. The topological polar surface area (TPSA) is 58.2 Å². The van der Waals surface area contributed by atoms with E-state index in [1.54, 1.807) is 18.2 Å². The molecule has 4 nitrogen and oxygen atoms in total. The predicted molar refractivity (Wildman–Crippen MR) is 89.7 cm³/mol. The average molecular weight is 379 g/mol. The first kappa shape index (κ1) is 17.1. The lowest BCUT2D eigenvalue weighted by Crippen LogP contribution is -2.24. The number of carbonyl (C=O) groups excluding carboxylic acids is 2. The van der Waals surface area contributed by atoms with Gasteiger partial charge in [-0.15, -0.1) is 0 Å². The molecule has 2 aromatic carbocycles. The van der Waals surface area contributed by atoms with Crippen molar-refractivity contribution in [2.24, 2.45) is 0 Å². The first-order chi connectivity index (χ1) is 11.0. The highest BCUT2D eigenvalue weighted by atomic mass is 79.9. The van der Waals surface area contributed by atoms with Gasteiger partial charge in [0.25, 0.3) is 11.8 Å². The maximum atomic E-state index is 13.2. The van der Waals surface area contributed by atoms with Crippen LogP contribution in [-0.4, -0.2) is 18.4 Å². The number of benzene rings is 2. The van der Waals surface area contributed by atoms with Crippen molar-refractivity contribution in [3.05, 3.63) is 69.4 Å². The van der Waals surface area contributed by atoms with Crippen molar-refractivity contribution < 1.29 is 14.0 Å². The fraction of sp³-hybridized carbons (Fsp3) is 0.176. The maximum absolute atomic E-state index is 13.2. The molecule has 0 unspecified atom stereocenters. The van der Waals surface area contributed by atoms with Crippen LogP contribution in [-0.2, 0) is 6.54 Å². The molecule has 0 aliphatic heterocycles. The van der Waals surface area contributed by atoms with E-state index in [-0.39, 0.29) is 23.9 Å². The molecule has 0 atom stereocenters. The van der Waals surface area contributed by atoms with Gasteiger partial charge < -0.3 is 10.6 Å². The van der Waals surface area contributed by atoms with E-state index in [4.69, 9.17) is 0 Å². The highest BCUT2D eigenvalue weighted by molar-refractivity contribution is 9.10. The minimum Gasteiger partial charge on any atom is -0.352 e. The molecule has 2 rings (SSSR count). The summed E-state index contributed by atoms with van der Waals surface area (Å²) < 4.78 is 13.8. The molecular weight excluding hydrogens is 363 g/mol. The van der Waals surface area contributed by atoms with Gasteiger partial charge in [0, 0.05) is 23.1 Å². The van der Waals surface area contributed by atoms with Gasteiger partial charge in [-0.1, -0.05) is 12.1 Å². The van der Waals surface area contributed by atoms with Crippen molar-refractivity contribution in [3.63, 3.8) is 0 Å². The highest BCUT2D eigenvalue weighted by Gasteiger charge is 2.11. The lowest BCUT2D eigenvalue weighted by molar-refractivity contribution is 0.0946. The van der Waals surface area contributed by atoms with Crippen LogP contribution in [0.2, 0.25) is 0 Å². The third kappa shape index (κ3) is 4.63. The molecule has 0 saturated heterocycles. The van der Waals surface area contributed by atoms with Gasteiger partial charge in [-0.25, -0.2) is 4.39 Å². The summed E-state index contributed by atoms with van der Waals surface area (Å²) in [5.41, 5.74) is 1.55. The number of halogens is 2. The Morgan fingerprint density at radius 3 is 2.61 bits per heavy atom. The van der Waals surface area contributed by atoms with Gasteiger partial charge in [0.15, 0.2) is 0 Å². The van der Waals surface area contributed by atoms with Crippen molar-refractivity contribution >= 4 is 27.7 Å². The van der Waals surface area contributed by atoms with Crippen LogP contribution in [0, 0.1) is 5.82 Å². The molecule has 0 radical (unpaired) electrons. The third-order valence-corrected chi connectivity index (χ3v) is 3.84. The van der Waals surface area contributed by atoms with E-state index in [0.29, 0.717) is 16.6 Å². The molecule has 2 aromatic rings. The molecule has 0 saturated carbocycles.